The lowest BCUT2D eigenvalue weighted by Crippen LogP contribution is -3.00. The van der Waals surface area contributed by atoms with E-state index >= 15 is 0 Å². The first-order valence-corrected chi connectivity index (χ1v) is 2.26. The number of hydrogen-bond acceptors (Lipinski definition) is 0. The van der Waals surface area contributed by atoms with E-state index in [4.69, 9.17) is 0 Å². The molecular weight excluding hydrogens is 326 g/mol. The van der Waals surface area contributed by atoms with Crippen molar-refractivity contribution in [3.05, 3.63) is 30.3 Å². The highest BCUT2D eigenvalue weighted by Crippen LogP contribution is 1.93. The minimum Gasteiger partial charge on any atom is -1.00 e. The highest BCUT2D eigenvalue weighted by atomic mass is 79.9. The van der Waals surface area contributed by atoms with Crippen molar-refractivity contribution in [2.45, 2.75) is 0 Å². The van der Waals surface area contributed by atoms with Gasteiger partial charge in [0.2, 0.25) is 0 Å². The zero-order chi connectivity index (χ0) is 5.11. The second-order valence-corrected chi connectivity index (χ2v) is 1.49. The van der Waals surface area contributed by atoms with Crippen LogP contribution >= 0.6 is 0 Å². The second-order valence-electron chi connectivity index (χ2n) is 1.49. The highest BCUT2D eigenvalue weighted by molar-refractivity contribution is 5.25. The van der Waals surface area contributed by atoms with E-state index < -0.39 is 0 Å². The summed E-state index contributed by atoms with van der Waals surface area (Å²) in [5.41, 5.74) is 4.79. The molecule has 0 aliphatic rings. The van der Waals surface area contributed by atoms with E-state index in [1.54, 1.807) is 0 Å². The van der Waals surface area contributed by atoms with E-state index in [9.17, 15) is 0 Å². The minimum atomic E-state index is 0. The Morgan fingerprint density at radius 2 is 1.20 bits per heavy atom. The van der Waals surface area contributed by atoms with Gasteiger partial charge in [0.05, 0.1) is 0 Å². The molecule has 10 heavy (non-hydrogen) atoms. The molecule has 0 aliphatic heterocycles. The molecule has 1 rings (SSSR count). The third-order valence-electron chi connectivity index (χ3n) is 0.843. The summed E-state index contributed by atoms with van der Waals surface area (Å²) in [6, 6.07) is 9.87. The first-order chi connectivity index (χ1) is 3.39. The molecule has 0 atom stereocenters. The molecule has 0 amide bonds. The van der Waals surface area contributed by atoms with Crippen LogP contribution in [0.2, 0.25) is 0 Å². The van der Waals surface area contributed by atoms with Gasteiger partial charge in [0, 0.05) is 0 Å². The summed E-state index contributed by atoms with van der Waals surface area (Å²) in [5.74, 6) is 0. The van der Waals surface area contributed by atoms with Gasteiger partial charge in [-0.25, -0.2) is 0 Å². The fraction of sp³-hybridized carbons (Fsp3) is 0. The van der Waals surface area contributed by atoms with E-state index in [1.165, 1.54) is 0 Å². The molecule has 0 radical (unpaired) electrons. The number of halogens is 3. The lowest BCUT2D eigenvalue weighted by atomic mass is 10.3. The largest absolute Gasteiger partial charge is 1.00 e. The molecule has 0 unspecified atom stereocenters. The quantitative estimate of drug-likeness (QED) is 0.488. The zero-order valence-electron chi connectivity index (χ0n) is 5.23. The molecule has 0 aliphatic carbocycles. The van der Waals surface area contributed by atoms with Gasteiger partial charge >= 0.3 is 0 Å². The van der Waals surface area contributed by atoms with Crippen molar-refractivity contribution in [3.8, 4) is 0 Å². The Hall–Kier alpha value is 0.620. The van der Waals surface area contributed by atoms with Gasteiger partial charge in [-0.2, -0.15) is 0 Å². The van der Waals surface area contributed by atoms with Crippen LogP contribution in [-0.4, -0.2) is 0 Å². The number of hydrogen-bond donors (Lipinski definition) is 1. The van der Waals surface area contributed by atoms with Crippen LogP contribution in [0.4, 0.5) is 5.69 Å². The topological polar surface area (TPSA) is 27.6 Å². The van der Waals surface area contributed by atoms with Crippen molar-refractivity contribution >= 4 is 5.69 Å². The summed E-state index contributed by atoms with van der Waals surface area (Å²) < 4.78 is 0. The average molecular weight is 334 g/mol. The van der Waals surface area contributed by atoms with Gasteiger partial charge in [0.15, 0.2) is 0 Å². The van der Waals surface area contributed by atoms with Gasteiger partial charge in [0.1, 0.15) is 5.69 Å². The first-order valence-electron chi connectivity index (χ1n) is 2.26. The molecular formula is C6H8Br3N-2. The summed E-state index contributed by atoms with van der Waals surface area (Å²) in [4.78, 5) is 0. The lowest BCUT2D eigenvalue weighted by molar-refractivity contribution is -0.254. The molecule has 1 aromatic rings. The number of rotatable bonds is 0. The molecule has 0 aromatic heterocycles. The minimum absolute atomic E-state index is 0. The van der Waals surface area contributed by atoms with Crippen LogP contribution in [0.5, 0.6) is 0 Å². The van der Waals surface area contributed by atoms with Crippen LogP contribution in [0.25, 0.3) is 0 Å². The van der Waals surface area contributed by atoms with E-state index in [2.05, 4.69) is 5.73 Å². The number of benzene rings is 1. The monoisotopic (exact) mass is 331 g/mol. The molecule has 0 fully saturated rings. The Kier molecular flexibility index (Phi) is 16.3. The van der Waals surface area contributed by atoms with Gasteiger partial charge in [-0.1, -0.05) is 18.2 Å². The maximum atomic E-state index is 3.72. The fourth-order valence-corrected chi connectivity index (χ4v) is 0.478. The Morgan fingerprint density at radius 3 is 1.40 bits per heavy atom. The van der Waals surface area contributed by atoms with Crippen molar-refractivity contribution in [2.75, 3.05) is 0 Å². The molecule has 0 saturated heterocycles. The third-order valence-corrected chi connectivity index (χ3v) is 0.843. The molecule has 0 spiro atoms. The van der Waals surface area contributed by atoms with Crippen molar-refractivity contribution in [3.63, 3.8) is 0 Å². The predicted octanol–water partition coefficient (Wildman–Crippen LogP) is -8.43. The van der Waals surface area contributed by atoms with Crippen LogP contribution < -0.4 is 56.7 Å². The Bertz CT molecular complexity index is 143. The fourth-order valence-electron chi connectivity index (χ4n) is 0.478. The summed E-state index contributed by atoms with van der Waals surface area (Å²) in [5, 5.41) is 0. The maximum Gasteiger partial charge on any atom is 0.127 e. The first kappa shape index (κ1) is 16.9. The van der Waals surface area contributed by atoms with Crippen LogP contribution in [0.1, 0.15) is 0 Å². The summed E-state index contributed by atoms with van der Waals surface area (Å²) in [6.45, 7) is 0. The standard InChI is InChI=1S/C6H7N.3BrH/c7-6-4-2-1-3-5-6;;;/h1-5H,7H2;3*1H/p-2. The molecule has 3 N–H and O–H groups in total. The normalized spacial score (nSPS) is 6.10. The van der Waals surface area contributed by atoms with Crippen LogP contribution in [0.3, 0.4) is 0 Å². The SMILES string of the molecule is [Br-].[Br-].[Br-].[NH3+]c1ccccc1. The Morgan fingerprint density at radius 1 is 0.800 bits per heavy atom. The van der Waals surface area contributed by atoms with Gasteiger partial charge in [-0.3, -0.25) is 0 Å². The molecule has 1 aromatic carbocycles. The van der Waals surface area contributed by atoms with E-state index in [0.29, 0.717) is 0 Å². The van der Waals surface area contributed by atoms with E-state index in [0.717, 1.165) is 5.69 Å². The summed E-state index contributed by atoms with van der Waals surface area (Å²) in [7, 11) is 0. The third kappa shape index (κ3) is 6.74. The molecule has 4 heteroatoms. The number of quaternary nitrogens is 1. The van der Waals surface area contributed by atoms with Gasteiger partial charge in [-0.15, -0.1) is 0 Å². The van der Waals surface area contributed by atoms with Crippen molar-refractivity contribution in [2.24, 2.45) is 0 Å². The van der Waals surface area contributed by atoms with E-state index in [1.807, 2.05) is 30.3 Å². The second kappa shape index (κ2) is 9.62. The molecule has 0 heterocycles. The smallest absolute Gasteiger partial charge is 0.127 e. The predicted molar refractivity (Wildman–Crippen MR) is 29.0 cm³/mol. The lowest BCUT2D eigenvalue weighted by Gasteiger charge is -1.78. The maximum absolute atomic E-state index is 3.72. The molecule has 1 nitrogen and oxygen atoms in total. The Balaban J connectivity index is -0.000000163. The van der Waals surface area contributed by atoms with E-state index in [-0.39, 0.29) is 50.9 Å². The van der Waals surface area contributed by atoms with Crippen LogP contribution in [0, 0.1) is 0 Å². The van der Waals surface area contributed by atoms with Gasteiger partial charge in [-0.05, 0) is 12.1 Å². The van der Waals surface area contributed by atoms with Gasteiger partial charge in [0.25, 0.3) is 0 Å². The van der Waals surface area contributed by atoms with Gasteiger partial charge < -0.3 is 56.7 Å². The molecule has 0 bridgehead atoms. The average Bonchev–Trinajstić information content (AvgIpc) is 1.69. The zero-order valence-corrected chi connectivity index (χ0v) is 9.99. The summed E-state index contributed by atoms with van der Waals surface area (Å²) in [6.07, 6.45) is 0. The van der Waals surface area contributed by atoms with Crippen molar-refractivity contribution in [1.82, 2.24) is 0 Å². The highest BCUT2D eigenvalue weighted by Gasteiger charge is 1.77. The van der Waals surface area contributed by atoms with Crippen molar-refractivity contribution in [1.29, 1.82) is 0 Å². The van der Waals surface area contributed by atoms with Crippen LogP contribution in [0.15, 0.2) is 30.3 Å². The molecule has 0 saturated carbocycles. The summed E-state index contributed by atoms with van der Waals surface area (Å²) >= 11 is 0. The Labute approximate surface area is 92.3 Å². The van der Waals surface area contributed by atoms with Crippen molar-refractivity contribution < 1.29 is 56.7 Å². The molecule has 60 valence electrons. The van der Waals surface area contributed by atoms with Crippen LogP contribution in [-0.2, 0) is 0 Å².